The first-order valence-corrected chi connectivity index (χ1v) is 6.24. The molecule has 3 nitrogen and oxygen atoms in total. The van der Waals surface area contributed by atoms with Gasteiger partial charge in [0.1, 0.15) is 0 Å². The highest BCUT2D eigenvalue weighted by atomic mass is 79.9. The lowest BCUT2D eigenvalue weighted by molar-refractivity contribution is -0.138. The fourth-order valence-corrected chi connectivity index (χ4v) is 2.84. The maximum absolute atomic E-state index is 11.1. The zero-order chi connectivity index (χ0) is 11.4. The average molecular weight is 292 g/mol. The zero-order valence-corrected chi connectivity index (χ0v) is 11.1. The fraction of sp³-hybridized carbons (Fsp3) is 0.500. The van der Waals surface area contributed by atoms with E-state index in [2.05, 4.69) is 15.9 Å². The molecule has 1 unspecified atom stereocenters. The van der Waals surface area contributed by atoms with Crippen LogP contribution in [-0.2, 0) is 4.79 Å². The van der Waals surface area contributed by atoms with Crippen molar-refractivity contribution in [3.63, 3.8) is 0 Å². The van der Waals surface area contributed by atoms with Crippen LogP contribution in [0, 0.1) is 0 Å². The standard InChI is InChI=1S/C10H14BrNO2S/c1-12(2)6-5-7(10(13)14)8-3-4-9(11)15-8/h3-4,7H,5-6H2,1-2H3,(H,13,14). The number of rotatable bonds is 5. The Bertz CT molecular complexity index is 338. The molecule has 15 heavy (non-hydrogen) atoms. The van der Waals surface area contributed by atoms with Gasteiger partial charge >= 0.3 is 5.97 Å². The van der Waals surface area contributed by atoms with Gasteiger partial charge in [-0.25, -0.2) is 0 Å². The SMILES string of the molecule is CN(C)CCC(C(=O)O)c1ccc(Br)s1. The van der Waals surface area contributed by atoms with E-state index in [0.29, 0.717) is 6.42 Å². The van der Waals surface area contributed by atoms with E-state index < -0.39 is 5.97 Å². The van der Waals surface area contributed by atoms with Crippen LogP contribution in [0.5, 0.6) is 0 Å². The van der Waals surface area contributed by atoms with Gasteiger partial charge in [-0.2, -0.15) is 0 Å². The number of nitrogens with zero attached hydrogens (tertiary/aromatic N) is 1. The van der Waals surface area contributed by atoms with Gasteiger partial charge in [0.05, 0.1) is 9.70 Å². The summed E-state index contributed by atoms with van der Waals surface area (Å²) in [6.07, 6.45) is 0.648. The Balaban J connectivity index is 2.70. The Hall–Kier alpha value is -0.390. The summed E-state index contributed by atoms with van der Waals surface area (Å²) in [4.78, 5) is 14.0. The lowest BCUT2D eigenvalue weighted by atomic mass is 10.0. The second kappa shape index (κ2) is 5.63. The molecule has 1 rings (SSSR count). The van der Waals surface area contributed by atoms with Gasteiger partial charge in [0, 0.05) is 4.88 Å². The molecule has 0 aliphatic carbocycles. The molecule has 0 aliphatic rings. The smallest absolute Gasteiger partial charge is 0.311 e. The van der Waals surface area contributed by atoms with E-state index in [9.17, 15) is 4.79 Å². The van der Waals surface area contributed by atoms with Crippen LogP contribution in [0.25, 0.3) is 0 Å². The zero-order valence-electron chi connectivity index (χ0n) is 8.74. The van der Waals surface area contributed by atoms with Crippen molar-refractivity contribution in [1.29, 1.82) is 0 Å². The molecule has 0 bridgehead atoms. The minimum atomic E-state index is -0.744. The van der Waals surface area contributed by atoms with Gasteiger partial charge in [0.2, 0.25) is 0 Å². The van der Waals surface area contributed by atoms with Crippen LogP contribution in [-0.4, -0.2) is 36.6 Å². The largest absolute Gasteiger partial charge is 0.481 e. The van der Waals surface area contributed by atoms with Crippen LogP contribution in [0.15, 0.2) is 15.9 Å². The second-order valence-electron chi connectivity index (χ2n) is 3.62. The minimum Gasteiger partial charge on any atom is -0.481 e. The predicted octanol–water partition coefficient (Wildman–Crippen LogP) is 2.63. The Morgan fingerprint density at radius 3 is 2.67 bits per heavy atom. The summed E-state index contributed by atoms with van der Waals surface area (Å²) in [7, 11) is 3.90. The summed E-state index contributed by atoms with van der Waals surface area (Å²) in [5, 5.41) is 9.12. The summed E-state index contributed by atoms with van der Waals surface area (Å²) in [6.45, 7) is 0.784. The molecule has 0 radical (unpaired) electrons. The molecule has 0 amide bonds. The molecule has 1 aromatic heterocycles. The summed E-state index contributed by atoms with van der Waals surface area (Å²) >= 11 is 4.84. The highest BCUT2D eigenvalue weighted by Crippen LogP contribution is 2.30. The lowest BCUT2D eigenvalue weighted by Crippen LogP contribution is -2.19. The van der Waals surface area contributed by atoms with Gasteiger partial charge < -0.3 is 10.0 Å². The molecule has 0 aliphatic heterocycles. The average Bonchev–Trinajstić information content (AvgIpc) is 2.51. The van der Waals surface area contributed by atoms with Gasteiger partial charge in [-0.3, -0.25) is 4.79 Å². The van der Waals surface area contributed by atoms with Crippen LogP contribution in [0.2, 0.25) is 0 Å². The summed E-state index contributed by atoms with van der Waals surface area (Å²) < 4.78 is 0.980. The van der Waals surface area contributed by atoms with Crippen molar-refractivity contribution < 1.29 is 9.90 Å². The minimum absolute atomic E-state index is 0.385. The van der Waals surface area contributed by atoms with Crippen molar-refractivity contribution in [2.24, 2.45) is 0 Å². The number of hydrogen-bond donors (Lipinski definition) is 1. The summed E-state index contributed by atoms with van der Waals surface area (Å²) in [5.74, 6) is -1.13. The molecule has 0 fully saturated rings. The van der Waals surface area contributed by atoms with Crippen LogP contribution in [0.1, 0.15) is 17.2 Å². The fourth-order valence-electron chi connectivity index (χ4n) is 1.29. The Morgan fingerprint density at radius 1 is 1.60 bits per heavy atom. The molecular formula is C10H14BrNO2S. The number of carboxylic acid groups (broad SMARTS) is 1. The first-order chi connectivity index (χ1) is 7.00. The van der Waals surface area contributed by atoms with Crippen LogP contribution >= 0.6 is 27.3 Å². The van der Waals surface area contributed by atoms with Crippen molar-refractivity contribution >= 4 is 33.2 Å². The lowest BCUT2D eigenvalue weighted by Gasteiger charge is -2.14. The number of aliphatic carboxylic acids is 1. The molecule has 84 valence electrons. The Morgan fingerprint density at radius 2 is 2.27 bits per heavy atom. The van der Waals surface area contributed by atoms with Crippen molar-refractivity contribution in [2.45, 2.75) is 12.3 Å². The van der Waals surface area contributed by atoms with Gasteiger partial charge in [-0.1, -0.05) is 0 Å². The van der Waals surface area contributed by atoms with Gasteiger partial charge in [0.25, 0.3) is 0 Å². The maximum atomic E-state index is 11.1. The van der Waals surface area contributed by atoms with Crippen LogP contribution < -0.4 is 0 Å². The highest BCUT2D eigenvalue weighted by molar-refractivity contribution is 9.11. The third kappa shape index (κ3) is 3.93. The maximum Gasteiger partial charge on any atom is 0.311 e. The number of hydrogen-bond acceptors (Lipinski definition) is 3. The summed E-state index contributed by atoms with van der Waals surface area (Å²) in [5.41, 5.74) is 0. The molecule has 1 heterocycles. The third-order valence-corrected chi connectivity index (χ3v) is 3.84. The molecule has 0 saturated heterocycles. The van der Waals surface area contributed by atoms with E-state index in [1.54, 1.807) is 0 Å². The highest BCUT2D eigenvalue weighted by Gasteiger charge is 2.21. The van der Waals surface area contributed by atoms with Crippen molar-refractivity contribution in [1.82, 2.24) is 4.90 Å². The molecule has 1 atom stereocenters. The van der Waals surface area contributed by atoms with Crippen LogP contribution in [0.4, 0.5) is 0 Å². The second-order valence-corrected chi connectivity index (χ2v) is 6.12. The van der Waals surface area contributed by atoms with Crippen LogP contribution in [0.3, 0.4) is 0 Å². The quantitative estimate of drug-likeness (QED) is 0.907. The normalized spacial score (nSPS) is 13.1. The van der Waals surface area contributed by atoms with Gasteiger partial charge in [-0.15, -0.1) is 11.3 Å². The van der Waals surface area contributed by atoms with Gasteiger partial charge in [-0.05, 0) is 55.1 Å². The van der Waals surface area contributed by atoms with E-state index in [1.165, 1.54) is 11.3 Å². The molecule has 1 aromatic rings. The van der Waals surface area contributed by atoms with E-state index >= 15 is 0 Å². The third-order valence-electron chi connectivity index (χ3n) is 2.10. The van der Waals surface area contributed by atoms with E-state index in [0.717, 1.165) is 15.2 Å². The molecule has 0 spiro atoms. The molecule has 5 heteroatoms. The van der Waals surface area contributed by atoms with Crippen molar-refractivity contribution in [3.8, 4) is 0 Å². The van der Waals surface area contributed by atoms with Gasteiger partial charge in [0.15, 0.2) is 0 Å². The Kier molecular flexibility index (Phi) is 4.76. The first kappa shape index (κ1) is 12.7. The predicted molar refractivity (Wildman–Crippen MR) is 65.6 cm³/mol. The van der Waals surface area contributed by atoms with E-state index in [4.69, 9.17) is 5.11 Å². The topological polar surface area (TPSA) is 40.5 Å². The number of halogens is 1. The molecule has 0 aromatic carbocycles. The summed E-state index contributed by atoms with van der Waals surface area (Å²) in [6, 6.07) is 3.77. The van der Waals surface area contributed by atoms with Crippen molar-refractivity contribution in [3.05, 3.63) is 20.8 Å². The number of carboxylic acids is 1. The number of carbonyl (C=O) groups is 1. The van der Waals surface area contributed by atoms with E-state index in [-0.39, 0.29) is 5.92 Å². The Labute approximate surface area is 102 Å². The van der Waals surface area contributed by atoms with E-state index in [1.807, 2.05) is 31.1 Å². The monoisotopic (exact) mass is 291 g/mol. The molecule has 1 N–H and O–H groups in total. The molecule has 0 saturated carbocycles. The van der Waals surface area contributed by atoms with Crippen molar-refractivity contribution in [2.75, 3.05) is 20.6 Å². The number of thiophene rings is 1. The molecular weight excluding hydrogens is 278 g/mol. The first-order valence-electron chi connectivity index (χ1n) is 4.63.